The third-order valence-electron chi connectivity index (χ3n) is 2.44. The largest absolute Gasteiger partial charge is 0.478 e. The Hall–Kier alpha value is -1.83. The second-order valence-electron chi connectivity index (χ2n) is 3.90. The van der Waals surface area contributed by atoms with Gasteiger partial charge in [-0.25, -0.2) is 14.6 Å². The summed E-state index contributed by atoms with van der Waals surface area (Å²) in [7, 11) is 0. The fraction of sp³-hybridized carbons (Fsp3) is 0.0833. The summed E-state index contributed by atoms with van der Waals surface area (Å²) in [4.78, 5) is 27.0. The van der Waals surface area contributed by atoms with Crippen molar-refractivity contribution in [2.24, 2.45) is 0 Å². The summed E-state index contributed by atoms with van der Waals surface area (Å²) in [5, 5.41) is 16.1. The molecule has 2 amide bonds. The number of carbonyl (C=O) groups excluding carboxylic acids is 1. The minimum atomic E-state index is -1.24. The maximum absolute atomic E-state index is 11.8. The smallest absolute Gasteiger partial charge is 0.337 e. The van der Waals surface area contributed by atoms with Crippen LogP contribution in [0.5, 0.6) is 0 Å². The zero-order valence-corrected chi connectivity index (χ0v) is 12.7. The molecule has 6 nitrogen and oxygen atoms in total. The van der Waals surface area contributed by atoms with Gasteiger partial charge in [0.25, 0.3) is 0 Å². The average Bonchev–Trinajstić information content (AvgIpc) is 2.92. The number of hydrogen-bond donors (Lipinski definition) is 3. The van der Waals surface area contributed by atoms with Crippen LogP contribution >= 0.6 is 34.5 Å². The first-order chi connectivity index (χ1) is 9.97. The van der Waals surface area contributed by atoms with Crippen LogP contribution in [0.2, 0.25) is 10.0 Å². The third-order valence-corrected chi connectivity index (χ3v) is 3.59. The number of anilines is 1. The molecule has 9 heteroatoms. The van der Waals surface area contributed by atoms with Gasteiger partial charge >= 0.3 is 12.0 Å². The van der Waals surface area contributed by atoms with Crippen LogP contribution in [0.3, 0.4) is 0 Å². The quantitative estimate of drug-likeness (QED) is 0.791. The number of aromatic nitrogens is 1. The molecule has 110 valence electrons. The number of urea groups is 1. The monoisotopic (exact) mass is 345 g/mol. The highest BCUT2D eigenvalue weighted by Crippen LogP contribution is 2.30. The van der Waals surface area contributed by atoms with E-state index in [1.54, 1.807) is 10.9 Å². The number of aromatic carboxylic acids is 1. The number of thiazole rings is 1. The second kappa shape index (κ2) is 6.75. The summed E-state index contributed by atoms with van der Waals surface area (Å²) < 4.78 is 0. The summed E-state index contributed by atoms with van der Waals surface area (Å²) in [5.41, 5.74) is 2.16. The lowest BCUT2D eigenvalue weighted by atomic mass is 10.2. The van der Waals surface area contributed by atoms with E-state index >= 15 is 0 Å². The van der Waals surface area contributed by atoms with E-state index in [9.17, 15) is 9.59 Å². The number of hydrogen-bond acceptors (Lipinski definition) is 4. The molecule has 2 rings (SSSR count). The third kappa shape index (κ3) is 4.07. The van der Waals surface area contributed by atoms with Crippen molar-refractivity contribution in [2.45, 2.75) is 6.54 Å². The molecule has 0 unspecified atom stereocenters. The first-order valence-corrected chi connectivity index (χ1v) is 7.31. The van der Waals surface area contributed by atoms with E-state index in [4.69, 9.17) is 28.3 Å². The van der Waals surface area contributed by atoms with E-state index in [2.05, 4.69) is 15.6 Å². The standard InChI is InChI=1S/C12H9Cl2N3O3S/c13-6-1-8(11(18)19)10(9(14)2-6)17-12(20)15-3-7-4-21-5-16-7/h1-2,4-5H,3H2,(H,18,19)(H2,15,17,20). The van der Waals surface area contributed by atoms with Crippen molar-refractivity contribution < 1.29 is 14.7 Å². The number of nitrogens with zero attached hydrogens (tertiary/aromatic N) is 1. The molecule has 21 heavy (non-hydrogen) atoms. The number of halogens is 2. The first kappa shape index (κ1) is 15.6. The van der Waals surface area contributed by atoms with E-state index in [0.717, 1.165) is 0 Å². The topological polar surface area (TPSA) is 91.3 Å². The van der Waals surface area contributed by atoms with E-state index in [-0.39, 0.29) is 27.8 Å². The molecule has 0 aliphatic rings. The van der Waals surface area contributed by atoms with Gasteiger partial charge in [-0.2, -0.15) is 0 Å². The van der Waals surface area contributed by atoms with Gasteiger partial charge in [0.05, 0.1) is 34.0 Å². The van der Waals surface area contributed by atoms with Gasteiger partial charge in [0.2, 0.25) is 0 Å². The molecule has 3 N–H and O–H groups in total. The maximum atomic E-state index is 11.8. The van der Waals surface area contributed by atoms with Crippen LogP contribution < -0.4 is 10.6 Å². The number of nitrogens with one attached hydrogen (secondary N) is 2. The molecule has 0 radical (unpaired) electrons. The molecule has 1 heterocycles. The van der Waals surface area contributed by atoms with E-state index in [1.807, 2.05) is 0 Å². The Labute approximate surface area is 133 Å². The van der Waals surface area contributed by atoms with Crippen molar-refractivity contribution in [3.63, 3.8) is 0 Å². The lowest BCUT2D eigenvalue weighted by molar-refractivity contribution is 0.0698. The molecular formula is C12H9Cl2N3O3S. The summed E-state index contributed by atoms with van der Waals surface area (Å²) in [6, 6.07) is 1.98. The Balaban J connectivity index is 2.11. The van der Waals surface area contributed by atoms with E-state index < -0.39 is 12.0 Å². The van der Waals surface area contributed by atoms with Crippen LogP contribution in [-0.2, 0) is 6.54 Å². The Bertz CT molecular complexity index is 677. The van der Waals surface area contributed by atoms with Crippen molar-refractivity contribution >= 4 is 52.2 Å². The van der Waals surface area contributed by atoms with Gasteiger partial charge in [0.15, 0.2) is 0 Å². The number of carboxylic acids is 1. The van der Waals surface area contributed by atoms with Gasteiger partial charge < -0.3 is 15.7 Å². The predicted octanol–water partition coefficient (Wildman–Crippen LogP) is 3.47. The zero-order chi connectivity index (χ0) is 15.4. The summed E-state index contributed by atoms with van der Waals surface area (Å²) in [6.07, 6.45) is 0. The minimum Gasteiger partial charge on any atom is -0.478 e. The van der Waals surface area contributed by atoms with Crippen LogP contribution in [-0.4, -0.2) is 22.1 Å². The Kier molecular flexibility index (Phi) is 5.00. The fourth-order valence-electron chi connectivity index (χ4n) is 1.52. The molecule has 2 aromatic rings. The van der Waals surface area contributed by atoms with Crippen molar-refractivity contribution in [1.82, 2.24) is 10.3 Å². The SMILES string of the molecule is O=C(NCc1cscn1)Nc1c(Cl)cc(Cl)cc1C(=O)O. The van der Waals surface area contributed by atoms with Crippen molar-refractivity contribution in [3.8, 4) is 0 Å². The van der Waals surface area contributed by atoms with Crippen LogP contribution in [0.15, 0.2) is 23.0 Å². The van der Waals surface area contributed by atoms with E-state index in [1.165, 1.54) is 23.5 Å². The van der Waals surface area contributed by atoms with E-state index in [0.29, 0.717) is 5.69 Å². The molecule has 1 aromatic carbocycles. The van der Waals surface area contributed by atoms with Gasteiger partial charge in [0.1, 0.15) is 0 Å². The normalized spacial score (nSPS) is 10.2. The first-order valence-electron chi connectivity index (χ1n) is 5.61. The highest BCUT2D eigenvalue weighted by molar-refractivity contribution is 7.07. The molecule has 0 aliphatic heterocycles. The highest BCUT2D eigenvalue weighted by Gasteiger charge is 2.17. The van der Waals surface area contributed by atoms with Gasteiger partial charge in [-0.1, -0.05) is 23.2 Å². The minimum absolute atomic E-state index is 0.00987. The lowest BCUT2D eigenvalue weighted by Gasteiger charge is -2.11. The Morgan fingerprint density at radius 1 is 1.33 bits per heavy atom. The summed E-state index contributed by atoms with van der Waals surface area (Å²) in [5.74, 6) is -1.24. The zero-order valence-electron chi connectivity index (χ0n) is 10.4. The molecule has 0 aliphatic carbocycles. The molecular weight excluding hydrogens is 337 g/mol. The summed E-state index contributed by atoms with van der Waals surface area (Å²) >= 11 is 13.1. The van der Waals surface area contributed by atoms with Gasteiger partial charge in [-0.15, -0.1) is 11.3 Å². The number of amides is 2. The second-order valence-corrected chi connectivity index (χ2v) is 5.47. The van der Waals surface area contributed by atoms with Crippen molar-refractivity contribution in [2.75, 3.05) is 5.32 Å². The van der Waals surface area contributed by atoms with Crippen LogP contribution in [0.25, 0.3) is 0 Å². The summed E-state index contributed by atoms with van der Waals surface area (Å²) in [6.45, 7) is 0.225. The number of carboxylic acid groups (broad SMARTS) is 1. The van der Waals surface area contributed by atoms with Crippen molar-refractivity contribution in [3.05, 3.63) is 44.3 Å². The lowest BCUT2D eigenvalue weighted by Crippen LogP contribution is -2.29. The number of rotatable bonds is 4. The molecule has 0 bridgehead atoms. The van der Waals surface area contributed by atoms with Gasteiger partial charge in [0, 0.05) is 10.4 Å². The van der Waals surface area contributed by atoms with Gasteiger partial charge in [-0.05, 0) is 12.1 Å². The molecule has 0 spiro atoms. The van der Waals surface area contributed by atoms with Crippen LogP contribution in [0.1, 0.15) is 16.1 Å². The molecule has 0 atom stereocenters. The van der Waals surface area contributed by atoms with Gasteiger partial charge in [-0.3, -0.25) is 0 Å². The number of carbonyl (C=O) groups is 2. The molecule has 0 saturated carbocycles. The average molecular weight is 346 g/mol. The highest BCUT2D eigenvalue weighted by atomic mass is 35.5. The van der Waals surface area contributed by atoms with Crippen LogP contribution in [0.4, 0.5) is 10.5 Å². The maximum Gasteiger partial charge on any atom is 0.337 e. The predicted molar refractivity (Wildman–Crippen MR) is 81.4 cm³/mol. The van der Waals surface area contributed by atoms with Crippen molar-refractivity contribution in [1.29, 1.82) is 0 Å². The van der Waals surface area contributed by atoms with Crippen LogP contribution in [0, 0.1) is 0 Å². The Morgan fingerprint density at radius 3 is 2.71 bits per heavy atom. The molecule has 1 aromatic heterocycles. The number of benzene rings is 1. The molecule has 0 fully saturated rings. The fourth-order valence-corrected chi connectivity index (χ4v) is 2.62. The Morgan fingerprint density at radius 2 is 2.10 bits per heavy atom. The molecule has 0 saturated heterocycles.